The van der Waals surface area contributed by atoms with Crippen LogP contribution in [-0.4, -0.2) is 49.6 Å². The highest BCUT2D eigenvalue weighted by Gasteiger charge is 2.17. The average molecular weight is 267 g/mol. The Kier molecular flexibility index (Phi) is 6.11. The fourth-order valence-corrected chi connectivity index (χ4v) is 3.25. The Labute approximate surface area is 117 Å². The van der Waals surface area contributed by atoms with Crippen LogP contribution in [0.2, 0.25) is 0 Å². The van der Waals surface area contributed by atoms with Gasteiger partial charge < -0.3 is 15.5 Å². The summed E-state index contributed by atoms with van der Waals surface area (Å²) in [5.41, 5.74) is 0. The molecule has 0 spiro atoms. The smallest absolute Gasteiger partial charge is 0.220 e. The van der Waals surface area contributed by atoms with Gasteiger partial charge in [0.1, 0.15) is 0 Å². The largest absolute Gasteiger partial charge is 0.352 e. The van der Waals surface area contributed by atoms with Crippen molar-refractivity contribution >= 4 is 5.91 Å². The van der Waals surface area contributed by atoms with Gasteiger partial charge in [-0.3, -0.25) is 4.79 Å². The molecule has 0 radical (unpaired) electrons. The normalized spacial score (nSPS) is 23.4. The maximum absolute atomic E-state index is 11.9. The first kappa shape index (κ1) is 14.8. The molecule has 1 atom stereocenters. The molecule has 2 aliphatic rings. The summed E-state index contributed by atoms with van der Waals surface area (Å²) in [4.78, 5) is 14.4. The Balaban J connectivity index is 1.57. The molecule has 4 nitrogen and oxygen atoms in total. The second kappa shape index (κ2) is 7.85. The SMILES string of the molecule is CC(CN1CCCC1)NC(=O)CCC1CCNCC1. The van der Waals surface area contributed by atoms with E-state index < -0.39 is 0 Å². The number of rotatable bonds is 6. The molecular weight excluding hydrogens is 238 g/mol. The highest BCUT2D eigenvalue weighted by Crippen LogP contribution is 2.17. The van der Waals surface area contributed by atoms with Crippen LogP contribution in [0.1, 0.15) is 45.4 Å². The van der Waals surface area contributed by atoms with Gasteiger partial charge in [-0.1, -0.05) is 0 Å². The van der Waals surface area contributed by atoms with E-state index in [1.165, 1.54) is 38.8 Å². The molecule has 0 aromatic rings. The predicted octanol–water partition coefficient (Wildman–Crippen LogP) is 1.37. The van der Waals surface area contributed by atoms with E-state index in [0.717, 1.165) is 32.0 Å². The van der Waals surface area contributed by atoms with E-state index in [1.54, 1.807) is 0 Å². The van der Waals surface area contributed by atoms with Crippen molar-refractivity contribution in [2.75, 3.05) is 32.7 Å². The van der Waals surface area contributed by atoms with E-state index in [9.17, 15) is 4.79 Å². The van der Waals surface area contributed by atoms with E-state index in [-0.39, 0.29) is 5.91 Å². The maximum atomic E-state index is 11.9. The molecule has 0 bridgehead atoms. The lowest BCUT2D eigenvalue weighted by Gasteiger charge is -2.23. The number of carbonyl (C=O) groups is 1. The van der Waals surface area contributed by atoms with Crippen LogP contribution < -0.4 is 10.6 Å². The van der Waals surface area contributed by atoms with Gasteiger partial charge in [-0.15, -0.1) is 0 Å². The summed E-state index contributed by atoms with van der Waals surface area (Å²) in [6.45, 7) is 7.79. The molecule has 1 amide bonds. The van der Waals surface area contributed by atoms with Crippen molar-refractivity contribution in [3.8, 4) is 0 Å². The molecule has 2 rings (SSSR count). The van der Waals surface area contributed by atoms with Gasteiger partial charge in [-0.25, -0.2) is 0 Å². The minimum absolute atomic E-state index is 0.241. The van der Waals surface area contributed by atoms with Gasteiger partial charge in [-0.2, -0.15) is 0 Å². The highest BCUT2D eigenvalue weighted by molar-refractivity contribution is 5.76. The molecule has 1 unspecified atom stereocenters. The van der Waals surface area contributed by atoms with Gasteiger partial charge in [0, 0.05) is 19.0 Å². The molecule has 2 heterocycles. The van der Waals surface area contributed by atoms with Crippen molar-refractivity contribution in [3.63, 3.8) is 0 Å². The lowest BCUT2D eigenvalue weighted by Crippen LogP contribution is -2.41. The third-order valence-electron chi connectivity index (χ3n) is 4.38. The van der Waals surface area contributed by atoms with Crippen molar-refractivity contribution in [2.45, 2.75) is 51.5 Å². The third kappa shape index (κ3) is 5.49. The van der Waals surface area contributed by atoms with Gasteiger partial charge in [0.05, 0.1) is 0 Å². The molecule has 0 aliphatic carbocycles. The Morgan fingerprint density at radius 1 is 1.32 bits per heavy atom. The topological polar surface area (TPSA) is 44.4 Å². The zero-order valence-electron chi connectivity index (χ0n) is 12.3. The molecule has 0 aromatic carbocycles. The maximum Gasteiger partial charge on any atom is 0.220 e. The van der Waals surface area contributed by atoms with Gasteiger partial charge in [0.2, 0.25) is 5.91 Å². The zero-order chi connectivity index (χ0) is 13.5. The van der Waals surface area contributed by atoms with Crippen LogP contribution in [0, 0.1) is 5.92 Å². The summed E-state index contributed by atoms with van der Waals surface area (Å²) >= 11 is 0. The van der Waals surface area contributed by atoms with Crippen LogP contribution in [0.5, 0.6) is 0 Å². The number of nitrogens with one attached hydrogen (secondary N) is 2. The van der Waals surface area contributed by atoms with Crippen molar-refractivity contribution in [3.05, 3.63) is 0 Å². The van der Waals surface area contributed by atoms with Crippen LogP contribution in [0.3, 0.4) is 0 Å². The Morgan fingerprint density at radius 2 is 2.00 bits per heavy atom. The van der Waals surface area contributed by atoms with Crippen LogP contribution in [0.4, 0.5) is 0 Å². The molecule has 0 aromatic heterocycles. The first-order valence-corrected chi connectivity index (χ1v) is 7.96. The van der Waals surface area contributed by atoms with E-state index in [4.69, 9.17) is 0 Å². The summed E-state index contributed by atoms with van der Waals surface area (Å²) in [5.74, 6) is 0.992. The Morgan fingerprint density at radius 3 is 2.68 bits per heavy atom. The zero-order valence-corrected chi connectivity index (χ0v) is 12.3. The summed E-state index contributed by atoms with van der Waals surface area (Å²) in [5, 5.41) is 6.52. The van der Waals surface area contributed by atoms with Crippen LogP contribution >= 0.6 is 0 Å². The lowest BCUT2D eigenvalue weighted by molar-refractivity contribution is -0.122. The second-order valence-corrected chi connectivity index (χ2v) is 6.21. The Bertz CT molecular complexity index is 271. The molecular formula is C15H29N3O. The molecule has 2 aliphatic heterocycles. The molecule has 2 fully saturated rings. The quantitative estimate of drug-likeness (QED) is 0.764. The average Bonchev–Trinajstić information content (AvgIpc) is 2.90. The third-order valence-corrected chi connectivity index (χ3v) is 4.38. The molecule has 19 heavy (non-hydrogen) atoms. The lowest BCUT2D eigenvalue weighted by atomic mass is 9.93. The first-order chi connectivity index (χ1) is 9.24. The van der Waals surface area contributed by atoms with Crippen LogP contribution in [0.25, 0.3) is 0 Å². The van der Waals surface area contributed by atoms with Crippen LogP contribution in [0.15, 0.2) is 0 Å². The number of hydrogen-bond donors (Lipinski definition) is 2. The Hall–Kier alpha value is -0.610. The van der Waals surface area contributed by atoms with Crippen molar-refractivity contribution in [1.29, 1.82) is 0 Å². The van der Waals surface area contributed by atoms with E-state index in [1.807, 2.05) is 0 Å². The van der Waals surface area contributed by atoms with Crippen molar-refractivity contribution in [1.82, 2.24) is 15.5 Å². The van der Waals surface area contributed by atoms with Crippen molar-refractivity contribution in [2.24, 2.45) is 5.92 Å². The number of amides is 1. The first-order valence-electron chi connectivity index (χ1n) is 7.96. The number of likely N-dealkylation sites (tertiary alicyclic amines) is 1. The van der Waals surface area contributed by atoms with Gasteiger partial charge in [0.25, 0.3) is 0 Å². The highest BCUT2D eigenvalue weighted by atomic mass is 16.1. The minimum Gasteiger partial charge on any atom is -0.352 e. The molecule has 110 valence electrons. The number of carbonyl (C=O) groups excluding carboxylic acids is 1. The van der Waals surface area contributed by atoms with E-state index in [2.05, 4.69) is 22.5 Å². The number of nitrogens with zero attached hydrogens (tertiary/aromatic N) is 1. The van der Waals surface area contributed by atoms with E-state index >= 15 is 0 Å². The van der Waals surface area contributed by atoms with E-state index in [0.29, 0.717) is 12.5 Å². The standard InChI is InChI=1S/C15H29N3O/c1-13(12-18-10-2-3-11-18)17-15(19)5-4-14-6-8-16-9-7-14/h13-14,16H,2-12H2,1H3,(H,17,19). The summed E-state index contributed by atoms with van der Waals surface area (Å²) in [6.07, 6.45) is 6.86. The summed E-state index contributed by atoms with van der Waals surface area (Å²) < 4.78 is 0. The second-order valence-electron chi connectivity index (χ2n) is 6.21. The molecule has 0 saturated carbocycles. The molecule has 4 heteroatoms. The predicted molar refractivity (Wildman–Crippen MR) is 78.1 cm³/mol. The number of hydrogen-bond acceptors (Lipinski definition) is 3. The molecule has 2 saturated heterocycles. The summed E-state index contributed by atoms with van der Waals surface area (Å²) in [7, 11) is 0. The fourth-order valence-electron chi connectivity index (χ4n) is 3.25. The summed E-state index contributed by atoms with van der Waals surface area (Å²) in [6, 6.07) is 0.290. The molecule has 2 N–H and O–H groups in total. The monoisotopic (exact) mass is 267 g/mol. The van der Waals surface area contributed by atoms with Gasteiger partial charge >= 0.3 is 0 Å². The van der Waals surface area contributed by atoms with Crippen LogP contribution in [-0.2, 0) is 4.79 Å². The van der Waals surface area contributed by atoms with Crippen molar-refractivity contribution < 1.29 is 4.79 Å². The van der Waals surface area contributed by atoms with Gasteiger partial charge in [0.15, 0.2) is 0 Å². The minimum atomic E-state index is 0.241. The fraction of sp³-hybridized carbons (Fsp3) is 0.933. The number of piperidine rings is 1. The van der Waals surface area contributed by atoms with Gasteiger partial charge in [-0.05, 0) is 71.1 Å².